The minimum absolute atomic E-state index is 0.258. The molecule has 0 fully saturated rings. The Kier molecular flexibility index (Phi) is 4.38. The Morgan fingerprint density at radius 1 is 1.64 bits per heavy atom. The number of hydrogen-bond donors (Lipinski definition) is 2. The zero-order valence-corrected chi connectivity index (χ0v) is 7.14. The summed E-state index contributed by atoms with van der Waals surface area (Å²) in [5, 5.41) is 8.44. The van der Waals surface area contributed by atoms with Crippen LogP contribution in [-0.2, 0) is 4.79 Å². The average Bonchev–Trinajstić information content (AvgIpc) is 1.87. The van der Waals surface area contributed by atoms with Crippen molar-refractivity contribution in [1.29, 1.82) is 0 Å². The lowest BCUT2D eigenvalue weighted by Gasteiger charge is -1.91. The van der Waals surface area contributed by atoms with E-state index in [2.05, 4.69) is 19.2 Å². The molecule has 0 saturated carbocycles. The fraction of sp³-hybridized carbons (Fsp3) is 0.125. The summed E-state index contributed by atoms with van der Waals surface area (Å²) in [5.74, 6) is -0.936. The quantitative estimate of drug-likeness (QED) is 0.386. The molecular formula is C8H10O2S. The number of carbonyl (C=O) groups is 1. The summed E-state index contributed by atoms with van der Waals surface area (Å²) in [5.41, 5.74) is 0.258. The molecule has 0 radical (unpaired) electrons. The molecule has 0 aromatic heterocycles. The maximum atomic E-state index is 10.3. The van der Waals surface area contributed by atoms with E-state index in [9.17, 15) is 4.79 Å². The zero-order chi connectivity index (χ0) is 8.85. The highest BCUT2D eigenvalue weighted by atomic mass is 32.1. The van der Waals surface area contributed by atoms with Gasteiger partial charge in [0, 0.05) is 10.5 Å². The molecule has 1 N–H and O–H groups in total. The largest absolute Gasteiger partial charge is 0.478 e. The van der Waals surface area contributed by atoms with Gasteiger partial charge in [-0.3, -0.25) is 0 Å². The minimum Gasteiger partial charge on any atom is -0.478 e. The number of thiol groups is 1. The SMILES string of the molecule is C=C/C=C(S)\C=C(/C)C(=O)O. The summed E-state index contributed by atoms with van der Waals surface area (Å²) in [7, 11) is 0. The fourth-order valence-electron chi connectivity index (χ4n) is 0.452. The summed E-state index contributed by atoms with van der Waals surface area (Å²) in [6, 6.07) is 0. The zero-order valence-electron chi connectivity index (χ0n) is 6.24. The van der Waals surface area contributed by atoms with Crippen molar-refractivity contribution in [3.05, 3.63) is 35.3 Å². The van der Waals surface area contributed by atoms with E-state index >= 15 is 0 Å². The summed E-state index contributed by atoms with van der Waals surface area (Å²) in [6.07, 6.45) is 4.64. The van der Waals surface area contributed by atoms with Crippen LogP contribution < -0.4 is 0 Å². The maximum absolute atomic E-state index is 10.3. The standard InChI is InChI=1S/C8H10O2S/c1-3-4-7(11)5-6(2)8(9)10/h3-5,11H,1H2,2H3,(H,9,10)/b6-5+,7-4+. The van der Waals surface area contributed by atoms with Crippen molar-refractivity contribution in [2.45, 2.75) is 6.92 Å². The van der Waals surface area contributed by atoms with Crippen LogP contribution in [0.4, 0.5) is 0 Å². The Hall–Kier alpha value is -0.960. The Morgan fingerprint density at radius 3 is 2.55 bits per heavy atom. The van der Waals surface area contributed by atoms with Gasteiger partial charge in [0.2, 0.25) is 0 Å². The highest BCUT2D eigenvalue weighted by Gasteiger charge is 1.97. The van der Waals surface area contributed by atoms with Crippen LogP contribution in [0.1, 0.15) is 6.92 Å². The first-order valence-electron chi connectivity index (χ1n) is 3.01. The molecule has 0 aliphatic carbocycles. The molecule has 2 nitrogen and oxygen atoms in total. The van der Waals surface area contributed by atoms with E-state index in [0.29, 0.717) is 4.91 Å². The van der Waals surface area contributed by atoms with Crippen LogP contribution in [0.25, 0.3) is 0 Å². The third-order valence-electron chi connectivity index (χ3n) is 0.990. The number of allylic oxidation sites excluding steroid dienone is 3. The molecule has 3 heteroatoms. The second kappa shape index (κ2) is 4.79. The Morgan fingerprint density at radius 2 is 2.18 bits per heavy atom. The van der Waals surface area contributed by atoms with Gasteiger partial charge in [-0.1, -0.05) is 12.7 Å². The topological polar surface area (TPSA) is 37.3 Å². The summed E-state index contributed by atoms with van der Waals surface area (Å²) in [4.78, 5) is 10.9. The number of hydrogen-bond acceptors (Lipinski definition) is 2. The molecule has 0 saturated heterocycles. The lowest BCUT2D eigenvalue weighted by atomic mass is 10.3. The van der Waals surface area contributed by atoms with Gasteiger partial charge in [-0.05, 0) is 19.1 Å². The molecule has 0 aliphatic rings. The molecule has 0 aliphatic heterocycles. The first-order valence-corrected chi connectivity index (χ1v) is 3.46. The van der Waals surface area contributed by atoms with E-state index in [-0.39, 0.29) is 5.57 Å². The molecule has 0 aromatic carbocycles. The molecule has 0 aromatic rings. The Bertz CT molecular complexity index is 226. The van der Waals surface area contributed by atoms with Gasteiger partial charge in [0.25, 0.3) is 0 Å². The Balaban J connectivity index is 4.42. The second-order valence-corrected chi connectivity index (χ2v) is 2.48. The summed E-state index contributed by atoms with van der Waals surface area (Å²) >= 11 is 3.99. The van der Waals surface area contributed by atoms with Crippen molar-refractivity contribution < 1.29 is 9.90 Å². The third-order valence-corrected chi connectivity index (χ3v) is 1.27. The van der Waals surface area contributed by atoms with Crippen molar-refractivity contribution in [3.8, 4) is 0 Å². The summed E-state index contributed by atoms with van der Waals surface area (Å²) < 4.78 is 0. The molecule has 0 amide bonds. The molecule has 11 heavy (non-hydrogen) atoms. The molecule has 60 valence electrons. The maximum Gasteiger partial charge on any atom is 0.331 e. The van der Waals surface area contributed by atoms with Crippen LogP contribution in [0.2, 0.25) is 0 Å². The first kappa shape index (κ1) is 10.0. The molecular weight excluding hydrogens is 160 g/mol. The smallest absolute Gasteiger partial charge is 0.331 e. The van der Waals surface area contributed by atoms with Crippen molar-refractivity contribution in [2.75, 3.05) is 0 Å². The molecule has 0 unspecified atom stereocenters. The van der Waals surface area contributed by atoms with E-state index in [1.165, 1.54) is 13.0 Å². The van der Waals surface area contributed by atoms with E-state index in [1.54, 1.807) is 12.2 Å². The van der Waals surface area contributed by atoms with Gasteiger partial charge in [0.15, 0.2) is 0 Å². The van der Waals surface area contributed by atoms with E-state index in [0.717, 1.165) is 0 Å². The van der Waals surface area contributed by atoms with Crippen molar-refractivity contribution in [3.63, 3.8) is 0 Å². The predicted octanol–water partition coefficient (Wildman–Crippen LogP) is 2.02. The number of rotatable bonds is 3. The van der Waals surface area contributed by atoms with Crippen LogP contribution in [-0.4, -0.2) is 11.1 Å². The van der Waals surface area contributed by atoms with Gasteiger partial charge in [0.05, 0.1) is 0 Å². The van der Waals surface area contributed by atoms with Crippen molar-refractivity contribution in [1.82, 2.24) is 0 Å². The second-order valence-electron chi connectivity index (χ2n) is 1.96. The van der Waals surface area contributed by atoms with Crippen LogP contribution in [0.3, 0.4) is 0 Å². The van der Waals surface area contributed by atoms with Gasteiger partial charge in [-0.2, -0.15) is 0 Å². The number of aliphatic carboxylic acids is 1. The van der Waals surface area contributed by atoms with E-state index in [4.69, 9.17) is 5.11 Å². The predicted molar refractivity (Wildman–Crippen MR) is 48.7 cm³/mol. The van der Waals surface area contributed by atoms with Crippen molar-refractivity contribution >= 4 is 18.6 Å². The normalized spacial score (nSPS) is 12.9. The Labute approximate surface area is 71.3 Å². The van der Waals surface area contributed by atoms with Crippen LogP contribution >= 0.6 is 12.6 Å². The highest BCUT2D eigenvalue weighted by molar-refractivity contribution is 7.84. The van der Waals surface area contributed by atoms with Gasteiger partial charge >= 0.3 is 5.97 Å². The van der Waals surface area contributed by atoms with Crippen molar-refractivity contribution in [2.24, 2.45) is 0 Å². The van der Waals surface area contributed by atoms with E-state index in [1.807, 2.05) is 0 Å². The van der Waals surface area contributed by atoms with Gasteiger partial charge in [0.1, 0.15) is 0 Å². The molecule has 0 rings (SSSR count). The third kappa shape index (κ3) is 4.44. The average molecular weight is 170 g/mol. The minimum atomic E-state index is -0.936. The van der Waals surface area contributed by atoms with E-state index < -0.39 is 5.97 Å². The van der Waals surface area contributed by atoms with Crippen LogP contribution in [0, 0.1) is 0 Å². The van der Waals surface area contributed by atoms with Gasteiger partial charge < -0.3 is 5.11 Å². The fourth-order valence-corrected chi connectivity index (χ4v) is 0.751. The number of carboxylic acid groups (broad SMARTS) is 1. The van der Waals surface area contributed by atoms with Crippen LogP contribution in [0.5, 0.6) is 0 Å². The molecule has 0 spiro atoms. The molecule has 0 bridgehead atoms. The van der Waals surface area contributed by atoms with Gasteiger partial charge in [-0.25, -0.2) is 4.79 Å². The lowest BCUT2D eigenvalue weighted by Crippen LogP contribution is -1.95. The number of carboxylic acids is 1. The molecule has 0 heterocycles. The van der Waals surface area contributed by atoms with Gasteiger partial charge in [-0.15, -0.1) is 12.6 Å². The molecule has 0 atom stereocenters. The summed E-state index contributed by atoms with van der Waals surface area (Å²) in [6.45, 7) is 4.96. The highest BCUT2D eigenvalue weighted by Crippen LogP contribution is 2.06. The monoisotopic (exact) mass is 170 g/mol. The first-order chi connectivity index (χ1) is 5.07. The lowest BCUT2D eigenvalue weighted by molar-refractivity contribution is -0.132. The van der Waals surface area contributed by atoms with Crippen LogP contribution in [0.15, 0.2) is 35.3 Å².